The van der Waals surface area contributed by atoms with Crippen LogP contribution in [0.5, 0.6) is 0 Å². The largest absolute Gasteiger partial charge is 0.378 e. The van der Waals surface area contributed by atoms with Crippen LogP contribution in [-0.4, -0.2) is 58.6 Å². The number of nitrogens with zero attached hydrogens (tertiary/aromatic N) is 5. The third-order valence-corrected chi connectivity index (χ3v) is 6.62. The van der Waals surface area contributed by atoms with E-state index in [1.54, 1.807) is 12.4 Å². The molecule has 1 saturated heterocycles. The normalized spacial score (nSPS) is 18.7. The van der Waals surface area contributed by atoms with E-state index in [1.807, 2.05) is 17.0 Å². The molecular weight excluding hydrogens is 409 g/mol. The molecule has 3 aromatic rings. The summed E-state index contributed by atoms with van der Waals surface area (Å²) in [7, 11) is 0. The molecule has 1 saturated carbocycles. The number of amides is 1. The van der Waals surface area contributed by atoms with Gasteiger partial charge in [0.25, 0.3) is 5.91 Å². The number of hydrogen-bond acceptors (Lipinski definition) is 6. The monoisotopic (exact) mass is 431 g/mol. The van der Waals surface area contributed by atoms with Crippen molar-refractivity contribution in [3.63, 3.8) is 0 Å². The summed E-state index contributed by atoms with van der Waals surface area (Å²) in [6.45, 7) is 3.18. The van der Waals surface area contributed by atoms with Crippen molar-refractivity contribution in [2.24, 2.45) is 0 Å². The second kappa shape index (κ2) is 7.34. The summed E-state index contributed by atoms with van der Waals surface area (Å²) in [5.41, 5.74) is 4.21. The predicted molar refractivity (Wildman–Crippen MR) is 116 cm³/mol. The van der Waals surface area contributed by atoms with Gasteiger partial charge in [0.1, 0.15) is 5.82 Å². The van der Waals surface area contributed by atoms with E-state index in [0.29, 0.717) is 49.1 Å². The zero-order valence-corrected chi connectivity index (χ0v) is 17.5. The van der Waals surface area contributed by atoms with E-state index in [0.717, 1.165) is 25.1 Å². The molecular formula is C24H22FN5O2. The van der Waals surface area contributed by atoms with Crippen LogP contribution < -0.4 is 4.90 Å². The van der Waals surface area contributed by atoms with Gasteiger partial charge in [-0.1, -0.05) is 6.07 Å². The molecule has 8 heteroatoms. The van der Waals surface area contributed by atoms with Crippen LogP contribution >= 0.6 is 0 Å². The molecule has 0 radical (unpaired) electrons. The maximum Gasteiger partial charge on any atom is 0.254 e. The number of halogens is 1. The maximum absolute atomic E-state index is 13.5. The minimum atomic E-state index is -0.347. The fourth-order valence-corrected chi connectivity index (χ4v) is 4.67. The Labute approximate surface area is 184 Å². The molecule has 1 aliphatic carbocycles. The molecule has 0 N–H and O–H groups in total. The van der Waals surface area contributed by atoms with E-state index in [9.17, 15) is 9.18 Å². The fourth-order valence-electron chi connectivity index (χ4n) is 4.67. The fraction of sp³-hybridized carbons (Fsp3) is 0.333. The highest BCUT2D eigenvalue weighted by Crippen LogP contribution is 2.57. The van der Waals surface area contributed by atoms with E-state index in [1.165, 1.54) is 23.9 Å². The van der Waals surface area contributed by atoms with Gasteiger partial charge in [-0.15, -0.1) is 0 Å². The van der Waals surface area contributed by atoms with Crippen molar-refractivity contribution in [3.8, 4) is 11.3 Å². The third kappa shape index (κ3) is 3.22. The van der Waals surface area contributed by atoms with Gasteiger partial charge in [-0.25, -0.2) is 14.4 Å². The molecule has 2 fully saturated rings. The summed E-state index contributed by atoms with van der Waals surface area (Å²) in [5, 5.41) is 0. The first-order valence-corrected chi connectivity index (χ1v) is 10.9. The lowest BCUT2D eigenvalue weighted by molar-refractivity contribution is 0.0303. The number of fused-ring (bicyclic) bond motifs is 2. The highest BCUT2D eigenvalue weighted by molar-refractivity contribution is 5.96. The van der Waals surface area contributed by atoms with Crippen molar-refractivity contribution in [1.29, 1.82) is 0 Å². The molecule has 32 heavy (non-hydrogen) atoms. The number of pyridine rings is 1. The van der Waals surface area contributed by atoms with Crippen LogP contribution in [0.15, 0.2) is 48.9 Å². The number of rotatable bonds is 3. The van der Waals surface area contributed by atoms with Crippen LogP contribution in [0.1, 0.15) is 28.8 Å². The van der Waals surface area contributed by atoms with Crippen LogP contribution in [0.3, 0.4) is 0 Å². The Balaban J connectivity index is 1.32. The van der Waals surface area contributed by atoms with Gasteiger partial charge < -0.3 is 14.5 Å². The highest BCUT2D eigenvalue weighted by atomic mass is 19.1. The van der Waals surface area contributed by atoms with Crippen molar-refractivity contribution in [3.05, 3.63) is 65.9 Å². The Kier molecular flexibility index (Phi) is 4.43. The second-order valence-electron chi connectivity index (χ2n) is 8.63. The zero-order valence-electron chi connectivity index (χ0n) is 17.5. The molecule has 1 spiro atoms. The van der Waals surface area contributed by atoms with Crippen LogP contribution in [0.4, 0.5) is 16.0 Å². The number of carbonyl (C=O) groups excluding carboxylic acids is 1. The Bertz CT molecular complexity index is 1190. The smallest absolute Gasteiger partial charge is 0.254 e. The molecule has 162 valence electrons. The van der Waals surface area contributed by atoms with Crippen molar-refractivity contribution in [2.45, 2.75) is 18.3 Å². The van der Waals surface area contributed by atoms with Gasteiger partial charge >= 0.3 is 0 Å². The van der Waals surface area contributed by atoms with Crippen LogP contribution in [0.25, 0.3) is 11.3 Å². The van der Waals surface area contributed by atoms with Gasteiger partial charge in [0.15, 0.2) is 0 Å². The molecule has 2 aliphatic heterocycles. The lowest BCUT2D eigenvalue weighted by Gasteiger charge is -2.27. The second-order valence-corrected chi connectivity index (χ2v) is 8.63. The summed E-state index contributed by atoms with van der Waals surface area (Å²) in [6, 6.07) is 8.70. The number of hydrogen-bond donors (Lipinski definition) is 0. The van der Waals surface area contributed by atoms with Gasteiger partial charge in [-0.05, 0) is 36.6 Å². The average Bonchev–Trinajstić information content (AvgIpc) is 3.55. The Morgan fingerprint density at radius 1 is 1.03 bits per heavy atom. The Morgan fingerprint density at radius 2 is 1.81 bits per heavy atom. The van der Waals surface area contributed by atoms with Gasteiger partial charge in [-0.3, -0.25) is 9.78 Å². The van der Waals surface area contributed by atoms with Crippen molar-refractivity contribution in [2.75, 3.05) is 37.7 Å². The quantitative estimate of drug-likeness (QED) is 0.634. The lowest BCUT2D eigenvalue weighted by atomic mass is 9.97. The maximum atomic E-state index is 13.5. The Morgan fingerprint density at radius 3 is 2.53 bits per heavy atom. The number of benzene rings is 1. The van der Waals surface area contributed by atoms with Gasteiger partial charge in [-0.2, -0.15) is 0 Å². The Hall–Kier alpha value is -3.39. The topological polar surface area (TPSA) is 71.5 Å². The minimum absolute atomic E-state index is 0.0289. The summed E-state index contributed by atoms with van der Waals surface area (Å²) in [5.74, 6) is 0.257. The molecule has 2 aromatic heterocycles. The van der Waals surface area contributed by atoms with E-state index in [-0.39, 0.29) is 17.1 Å². The lowest BCUT2D eigenvalue weighted by Crippen LogP contribution is -2.40. The molecule has 3 aliphatic rings. The summed E-state index contributed by atoms with van der Waals surface area (Å²) in [6.07, 6.45) is 7.02. The van der Waals surface area contributed by atoms with E-state index < -0.39 is 0 Å². The summed E-state index contributed by atoms with van der Waals surface area (Å²) in [4.78, 5) is 30.3. The van der Waals surface area contributed by atoms with Crippen molar-refractivity contribution in [1.82, 2.24) is 19.9 Å². The number of morpholine rings is 1. The van der Waals surface area contributed by atoms with Crippen LogP contribution in [0.2, 0.25) is 0 Å². The third-order valence-electron chi connectivity index (χ3n) is 6.62. The van der Waals surface area contributed by atoms with Crippen LogP contribution in [-0.2, 0) is 10.2 Å². The first-order chi connectivity index (χ1) is 15.6. The first kappa shape index (κ1) is 19.3. The summed E-state index contributed by atoms with van der Waals surface area (Å²) >= 11 is 0. The van der Waals surface area contributed by atoms with E-state index in [2.05, 4.69) is 25.9 Å². The van der Waals surface area contributed by atoms with Crippen molar-refractivity contribution >= 4 is 17.5 Å². The van der Waals surface area contributed by atoms with Crippen molar-refractivity contribution < 1.29 is 13.9 Å². The zero-order chi connectivity index (χ0) is 21.7. The number of carbonyl (C=O) groups is 1. The molecule has 4 heterocycles. The number of aromatic nitrogens is 3. The molecule has 1 aromatic carbocycles. The summed E-state index contributed by atoms with van der Waals surface area (Å²) < 4.78 is 18.9. The first-order valence-electron chi connectivity index (χ1n) is 10.9. The van der Waals surface area contributed by atoms with Gasteiger partial charge in [0, 0.05) is 66.5 Å². The molecule has 0 atom stereocenters. The number of anilines is 2. The SMILES string of the molecule is O=C(c1ccc2c(c1)N(c1ncc(-c3cc(F)ccn3)cn1)CC21CC1)N1CCOCC1. The van der Waals surface area contributed by atoms with Crippen LogP contribution in [0, 0.1) is 5.82 Å². The standard InChI is InChI=1S/C24H22FN5O2/c25-18-3-6-26-20(12-18)17-13-27-23(28-14-17)30-15-24(4-5-24)19-2-1-16(11-21(19)30)22(31)29-7-9-32-10-8-29/h1-3,6,11-14H,4-5,7-10,15H2. The molecule has 0 unspecified atom stereocenters. The molecule has 7 nitrogen and oxygen atoms in total. The van der Waals surface area contributed by atoms with Gasteiger partial charge in [0.2, 0.25) is 5.95 Å². The predicted octanol–water partition coefficient (Wildman–Crippen LogP) is 3.33. The molecule has 0 bridgehead atoms. The highest BCUT2D eigenvalue weighted by Gasteiger charge is 2.52. The average molecular weight is 431 g/mol. The van der Waals surface area contributed by atoms with E-state index >= 15 is 0 Å². The molecule has 1 amide bonds. The molecule has 6 rings (SSSR count). The van der Waals surface area contributed by atoms with Gasteiger partial charge in [0.05, 0.1) is 18.9 Å². The van der Waals surface area contributed by atoms with E-state index in [4.69, 9.17) is 4.74 Å². The minimum Gasteiger partial charge on any atom is -0.378 e. The number of ether oxygens (including phenoxy) is 1.